The van der Waals surface area contributed by atoms with Gasteiger partial charge in [0.2, 0.25) is 5.78 Å². The molecule has 0 saturated carbocycles. The van der Waals surface area contributed by atoms with Crippen molar-refractivity contribution in [2.45, 2.75) is 26.1 Å². The van der Waals surface area contributed by atoms with Crippen molar-refractivity contribution in [1.29, 1.82) is 0 Å². The first kappa shape index (κ1) is 26.3. The van der Waals surface area contributed by atoms with Gasteiger partial charge in [-0.05, 0) is 47.4 Å². The highest BCUT2D eigenvalue weighted by Gasteiger charge is 2.44. The molecular weight excluding hydrogens is 510 g/mol. The Kier molecular flexibility index (Phi) is 7.37. The Morgan fingerprint density at radius 3 is 2.45 bits per heavy atom. The second-order valence-corrected chi connectivity index (χ2v) is 9.43. The number of carbonyl (C=O) groups is 2. The van der Waals surface area contributed by atoms with Crippen molar-refractivity contribution in [2.24, 2.45) is 0 Å². The van der Waals surface area contributed by atoms with Crippen molar-refractivity contribution in [3.05, 3.63) is 141 Å². The lowest BCUT2D eigenvalue weighted by Gasteiger charge is -2.27. The third kappa shape index (κ3) is 5.30. The number of hydrogen-bond acceptors (Lipinski definition) is 6. The summed E-state index contributed by atoms with van der Waals surface area (Å²) < 4.78 is 5.92. The van der Waals surface area contributed by atoms with Gasteiger partial charge < -0.3 is 14.7 Å². The number of pyridine rings is 1. The van der Waals surface area contributed by atoms with Crippen LogP contribution in [0.1, 0.15) is 33.9 Å². The molecule has 0 aliphatic carbocycles. The van der Waals surface area contributed by atoms with Crippen molar-refractivity contribution in [1.82, 2.24) is 4.90 Å². The fourth-order valence-corrected chi connectivity index (χ4v) is 4.76. The summed E-state index contributed by atoms with van der Waals surface area (Å²) in [5, 5.41) is 25.3. The van der Waals surface area contributed by atoms with E-state index in [4.69, 9.17) is 4.74 Å². The van der Waals surface area contributed by atoms with E-state index in [2.05, 4.69) is 4.98 Å². The van der Waals surface area contributed by atoms with Gasteiger partial charge in [-0.2, -0.15) is 0 Å². The number of hydrogen-bond donors (Lipinski definition) is 0. The van der Waals surface area contributed by atoms with Crippen LogP contribution in [0.4, 0.5) is 5.69 Å². The minimum absolute atomic E-state index is 0.0251. The number of carbonyl (C=O) groups excluding carboxylic acids is 2. The maximum absolute atomic E-state index is 13.8. The van der Waals surface area contributed by atoms with Gasteiger partial charge >= 0.3 is 0 Å². The van der Waals surface area contributed by atoms with Crippen LogP contribution in [0.25, 0.3) is 5.76 Å². The molecule has 0 spiro atoms. The van der Waals surface area contributed by atoms with Crippen molar-refractivity contribution in [3.63, 3.8) is 0 Å². The van der Waals surface area contributed by atoms with Crippen LogP contribution >= 0.6 is 0 Å². The zero-order chi connectivity index (χ0) is 28.2. The lowest BCUT2D eigenvalue weighted by atomic mass is 9.94. The minimum Gasteiger partial charge on any atom is -0.872 e. The second-order valence-electron chi connectivity index (χ2n) is 9.43. The maximum atomic E-state index is 13.8. The SMILES string of the molecule is Cc1cc(C([O-])=C2C(=O)C(=O)N(Cc3ccc[nH+]c3)C2c2cccc([N+](=O)[O-])c2)ccc1OCc1ccccc1. The molecule has 1 N–H and O–H groups in total. The zero-order valence-electron chi connectivity index (χ0n) is 21.6. The highest BCUT2D eigenvalue weighted by atomic mass is 16.6. The normalized spacial score (nSPS) is 16.2. The lowest BCUT2D eigenvalue weighted by Crippen LogP contribution is -2.29. The third-order valence-electron chi connectivity index (χ3n) is 6.72. The molecule has 3 aromatic carbocycles. The molecule has 5 rings (SSSR count). The summed E-state index contributed by atoms with van der Waals surface area (Å²) >= 11 is 0. The van der Waals surface area contributed by atoms with Crippen molar-refractivity contribution in [3.8, 4) is 5.75 Å². The lowest BCUT2D eigenvalue weighted by molar-refractivity contribution is -0.385. The number of ketones is 1. The second kappa shape index (κ2) is 11.2. The fourth-order valence-electron chi connectivity index (χ4n) is 4.76. The first-order valence-electron chi connectivity index (χ1n) is 12.6. The fraction of sp³-hybridized carbons (Fsp3) is 0.129. The number of nitro groups is 1. The molecule has 1 aromatic heterocycles. The summed E-state index contributed by atoms with van der Waals surface area (Å²) in [5.41, 5.74) is 2.43. The predicted octanol–water partition coefficient (Wildman–Crippen LogP) is 3.72. The minimum atomic E-state index is -1.10. The van der Waals surface area contributed by atoms with E-state index < -0.39 is 28.4 Å². The molecular formula is C31H25N3O6. The number of aromatic nitrogens is 1. The number of H-pyrrole nitrogens is 1. The molecule has 9 nitrogen and oxygen atoms in total. The van der Waals surface area contributed by atoms with Crippen LogP contribution in [-0.2, 0) is 22.7 Å². The molecule has 2 heterocycles. The van der Waals surface area contributed by atoms with Gasteiger partial charge in [-0.25, -0.2) is 4.98 Å². The topological polar surface area (TPSA) is 127 Å². The summed E-state index contributed by atoms with van der Waals surface area (Å²) in [6.07, 6.45) is 3.38. The van der Waals surface area contributed by atoms with Crippen molar-refractivity contribution >= 4 is 23.1 Å². The molecule has 4 aromatic rings. The molecule has 9 heteroatoms. The Labute approximate surface area is 230 Å². The number of amides is 1. The van der Waals surface area contributed by atoms with Gasteiger partial charge in [0, 0.05) is 29.3 Å². The summed E-state index contributed by atoms with van der Waals surface area (Å²) in [5.74, 6) is -1.81. The smallest absolute Gasteiger partial charge is 0.295 e. The summed E-state index contributed by atoms with van der Waals surface area (Å²) in [7, 11) is 0. The average molecular weight is 536 g/mol. The molecule has 1 unspecified atom stereocenters. The first-order chi connectivity index (χ1) is 19.3. The quantitative estimate of drug-likeness (QED) is 0.111. The number of Topliss-reactive ketones (excluding diaryl/α,β-unsaturated/α-hetero) is 1. The van der Waals surface area contributed by atoms with Gasteiger partial charge in [-0.1, -0.05) is 54.3 Å². The molecule has 1 aliphatic rings. The largest absolute Gasteiger partial charge is 0.872 e. The van der Waals surface area contributed by atoms with E-state index in [-0.39, 0.29) is 23.4 Å². The molecule has 40 heavy (non-hydrogen) atoms. The van der Waals surface area contributed by atoms with Gasteiger partial charge in [-0.3, -0.25) is 19.7 Å². The molecule has 0 radical (unpaired) electrons. The zero-order valence-corrected chi connectivity index (χ0v) is 21.6. The van der Waals surface area contributed by atoms with E-state index in [1.165, 1.54) is 23.1 Å². The van der Waals surface area contributed by atoms with Crippen LogP contribution in [0.5, 0.6) is 5.75 Å². The van der Waals surface area contributed by atoms with Gasteiger partial charge in [0.25, 0.3) is 11.6 Å². The number of nitrogens with zero attached hydrogens (tertiary/aromatic N) is 2. The van der Waals surface area contributed by atoms with Crippen LogP contribution in [0.2, 0.25) is 0 Å². The average Bonchev–Trinajstić information content (AvgIpc) is 3.22. The highest BCUT2D eigenvalue weighted by Crippen LogP contribution is 2.40. The number of benzene rings is 3. The standard InChI is InChI=1S/C31H25N3O6/c1-20-15-24(12-13-26(20)40-19-21-7-3-2-4-8-21)29(35)27-28(23-10-5-11-25(16-23)34(38)39)33(31(37)30(27)36)18-22-9-6-14-32-17-22/h2-17,28,35H,18-19H2,1H3. The summed E-state index contributed by atoms with van der Waals surface area (Å²) in [6.45, 7) is 2.16. The van der Waals surface area contributed by atoms with Crippen LogP contribution in [0, 0.1) is 17.0 Å². The van der Waals surface area contributed by atoms with Crippen LogP contribution in [-0.4, -0.2) is 21.5 Å². The number of nitrogens with one attached hydrogen (secondary N) is 1. The number of aromatic amines is 1. The van der Waals surface area contributed by atoms with E-state index >= 15 is 0 Å². The molecule has 0 bridgehead atoms. The van der Waals surface area contributed by atoms with Crippen LogP contribution < -0.4 is 14.8 Å². The van der Waals surface area contributed by atoms with E-state index in [1.807, 2.05) is 30.3 Å². The highest BCUT2D eigenvalue weighted by molar-refractivity contribution is 6.46. The van der Waals surface area contributed by atoms with Gasteiger partial charge in [-0.15, -0.1) is 0 Å². The molecule has 1 saturated heterocycles. The Morgan fingerprint density at radius 2 is 1.75 bits per heavy atom. The van der Waals surface area contributed by atoms with Crippen LogP contribution in [0.3, 0.4) is 0 Å². The van der Waals surface area contributed by atoms with Gasteiger partial charge in [0.1, 0.15) is 12.4 Å². The monoisotopic (exact) mass is 535 g/mol. The van der Waals surface area contributed by atoms with E-state index in [9.17, 15) is 24.8 Å². The van der Waals surface area contributed by atoms with Crippen molar-refractivity contribution in [2.75, 3.05) is 0 Å². The van der Waals surface area contributed by atoms with Gasteiger partial charge in [0.15, 0.2) is 12.4 Å². The number of aryl methyl sites for hydroxylation is 1. The first-order valence-corrected chi connectivity index (χ1v) is 12.6. The molecule has 200 valence electrons. The predicted molar refractivity (Wildman–Crippen MR) is 143 cm³/mol. The number of non-ortho nitro benzene ring substituents is 1. The summed E-state index contributed by atoms with van der Waals surface area (Å²) in [4.78, 5) is 41.7. The number of likely N-dealkylation sites (tertiary alicyclic amines) is 1. The molecule has 1 fully saturated rings. The Balaban J connectivity index is 1.55. The third-order valence-corrected chi connectivity index (χ3v) is 6.72. The van der Waals surface area contributed by atoms with Crippen molar-refractivity contribution < 1.29 is 29.3 Å². The number of rotatable bonds is 8. The number of ether oxygens (including phenoxy) is 1. The Morgan fingerprint density at radius 1 is 0.975 bits per heavy atom. The molecule has 1 aliphatic heterocycles. The Bertz CT molecular complexity index is 1620. The van der Waals surface area contributed by atoms with E-state index in [0.29, 0.717) is 29.0 Å². The maximum Gasteiger partial charge on any atom is 0.295 e. The van der Waals surface area contributed by atoms with Gasteiger partial charge in [0.05, 0.1) is 17.5 Å². The Hall–Kier alpha value is -5.31. The van der Waals surface area contributed by atoms with E-state index in [1.54, 1.807) is 55.7 Å². The van der Waals surface area contributed by atoms with Crippen LogP contribution in [0.15, 0.2) is 103 Å². The number of nitro benzene ring substituents is 1. The molecule has 1 atom stereocenters. The van der Waals surface area contributed by atoms with E-state index in [0.717, 1.165) is 5.56 Å². The summed E-state index contributed by atoms with van der Waals surface area (Å²) in [6, 6.07) is 22.6. The molecule has 1 amide bonds.